The van der Waals surface area contributed by atoms with E-state index in [2.05, 4.69) is 5.10 Å². The molecule has 96 valence electrons. The molecule has 0 atom stereocenters. The average Bonchev–Trinajstić information content (AvgIpc) is 2.64. The second-order valence-corrected chi connectivity index (χ2v) is 4.17. The van der Waals surface area contributed by atoms with Crippen molar-refractivity contribution in [3.05, 3.63) is 35.5 Å². The fourth-order valence-electron chi connectivity index (χ4n) is 1.72. The van der Waals surface area contributed by atoms with Gasteiger partial charge in [0.15, 0.2) is 0 Å². The number of hydrogen-bond acceptors (Lipinski definition) is 3. The number of nitrogens with zero attached hydrogens (tertiary/aromatic N) is 2. The molecule has 1 heterocycles. The lowest BCUT2D eigenvalue weighted by molar-refractivity contribution is 0.408. The van der Waals surface area contributed by atoms with Crippen molar-refractivity contribution < 1.29 is 9.47 Å². The summed E-state index contributed by atoms with van der Waals surface area (Å²) in [6.07, 6.45) is 0. The number of rotatable bonds is 4. The minimum Gasteiger partial charge on any atom is -0.497 e. The van der Waals surface area contributed by atoms with Gasteiger partial charge in [0.1, 0.15) is 11.5 Å². The molecular weight excluding hydrogens is 252 g/mol. The van der Waals surface area contributed by atoms with E-state index in [-0.39, 0.29) is 0 Å². The lowest BCUT2D eigenvalue weighted by Gasteiger charge is -2.08. The highest BCUT2D eigenvalue weighted by Crippen LogP contribution is 2.29. The molecule has 0 saturated heterocycles. The molecule has 0 unspecified atom stereocenters. The predicted molar refractivity (Wildman–Crippen MR) is 70.6 cm³/mol. The summed E-state index contributed by atoms with van der Waals surface area (Å²) in [6, 6.07) is 7.39. The summed E-state index contributed by atoms with van der Waals surface area (Å²) in [7, 11) is 3.47. The van der Waals surface area contributed by atoms with Crippen LogP contribution in [0.2, 0.25) is 0 Å². The third kappa shape index (κ3) is 2.43. The monoisotopic (exact) mass is 266 g/mol. The Bertz CT molecular complexity index is 535. The van der Waals surface area contributed by atoms with Crippen molar-refractivity contribution in [3.63, 3.8) is 0 Å². The van der Waals surface area contributed by atoms with Crippen LogP contribution >= 0.6 is 11.6 Å². The smallest absolute Gasteiger partial charge is 0.222 e. The van der Waals surface area contributed by atoms with E-state index < -0.39 is 0 Å². The summed E-state index contributed by atoms with van der Waals surface area (Å²) in [6.45, 7) is 1.92. The lowest BCUT2D eigenvalue weighted by atomic mass is 10.3. The molecule has 0 bridgehead atoms. The summed E-state index contributed by atoms with van der Waals surface area (Å²) in [5.41, 5.74) is 1.80. The van der Waals surface area contributed by atoms with Crippen LogP contribution in [0.15, 0.2) is 24.3 Å². The molecule has 2 aromatic rings. The Morgan fingerprint density at radius 1 is 1.22 bits per heavy atom. The Hall–Kier alpha value is -1.68. The van der Waals surface area contributed by atoms with Crippen molar-refractivity contribution in [1.29, 1.82) is 0 Å². The molecule has 0 amide bonds. The average molecular weight is 267 g/mol. The first-order valence-electron chi connectivity index (χ1n) is 5.56. The minimum absolute atomic E-state index is 0.380. The lowest BCUT2D eigenvalue weighted by Crippen LogP contribution is -1.96. The second-order valence-electron chi connectivity index (χ2n) is 3.90. The number of methoxy groups -OCH3 is 1. The maximum atomic E-state index is 5.91. The quantitative estimate of drug-likeness (QED) is 0.797. The minimum atomic E-state index is 0.380. The highest BCUT2D eigenvalue weighted by molar-refractivity contribution is 6.17. The predicted octanol–water partition coefficient (Wildman–Crippen LogP) is 3.27. The van der Waals surface area contributed by atoms with Crippen molar-refractivity contribution in [2.45, 2.75) is 12.8 Å². The van der Waals surface area contributed by atoms with E-state index in [4.69, 9.17) is 21.1 Å². The van der Waals surface area contributed by atoms with Crippen LogP contribution < -0.4 is 9.47 Å². The SMILES string of the molecule is COc1ccc(Oc2c(CCl)c(C)nn2C)cc1. The van der Waals surface area contributed by atoms with E-state index in [1.807, 2.05) is 38.2 Å². The van der Waals surface area contributed by atoms with E-state index in [1.165, 1.54) is 0 Å². The summed E-state index contributed by atoms with van der Waals surface area (Å²) >= 11 is 5.91. The molecule has 0 fully saturated rings. The number of aryl methyl sites for hydroxylation is 2. The van der Waals surface area contributed by atoms with Gasteiger partial charge in [-0.3, -0.25) is 0 Å². The molecule has 1 aromatic carbocycles. The van der Waals surface area contributed by atoms with Gasteiger partial charge in [-0.15, -0.1) is 11.6 Å². The first-order chi connectivity index (χ1) is 8.65. The largest absolute Gasteiger partial charge is 0.497 e. The molecule has 0 aliphatic carbocycles. The van der Waals surface area contributed by atoms with Gasteiger partial charge in [-0.1, -0.05) is 0 Å². The van der Waals surface area contributed by atoms with Crippen LogP contribution in [0.1, 0.15) is 11.3 Å². The van der Waals surface area contributed by atoms with E-state index in [1.54, 1.807) is 11.8 Å². The van der Waals surface area contributed by atoms with Crippen molar-refractivity contribution in [2.75, 3.05) is 7.11 Å². The van der Waals surface area contributed by atoms with Gasteiger partial charge in [0.25, 0.3) is 0 Å². The standard InChI is InChI=1S/C13H15ClN2O2/c1-9-12(8-14)13(16(2)15-9)18-11-6-4-10(17-3)5-7-11/h4-7H,8H2,1-3H3. The zero-order chi connectivity index (χ0) is 13.1. The zero-order valence-electron chi connectivity index (χ0n) is 10.6. The van der Waals surface area contributed by atoms with Crippen LogP contribution in [-0.2, 0) is 12.9 Å². The summed E-state index contributed by atoms with van der Waals surface area (Å²) in [5, 5.41) is 4.29. The molecular formula is C13H15ClN2O2. The normalized spacial score (nSPS) is 10.4. The van der Waals surface area contributed by atoms with Gasteiger partial charge in [-0.05, 0) is 31.2 Å². The first kappa shape index (κ1) is 12.8. The third-order valence-electron chi connectivity index (χ3n) is 2.70. The maximum Gasteiger partial charge on any atom is 0.222 e. The van der Waals surface area contributed by atoms with Crippen LogP contribution in [0.5, 0.6) is 17.4 Å². The number of hydrogen-bond donors (Lipinski definition) is 0. The van der Waals surface area contributed by atoms with Gasteiger partial charge in [0.2, 0.25) is 5.88 Å². The van der Waals surface area contributed by atoms with Crippen molar-refractivity contribution in [3.8, 4) is 17.4 Å². The van der Waals surface area contributed by atoms with Crippen LogP contribution in [0.3, 0.4) is 0 Å². The maximum absolute atomic E-state index is 5.91. The van der Waals surface area contributed by atoms with Gasteiger partial charge in [-0.25, -0.2) is 4.68 Å². The molecule has 5 heteroatoms. The Morgan fingerprint density at radius 2 is 1.83 bits per heavy atom. The number of ether oxygens (including phenoxy) is 2. The molecule has 4 nitrogen and oxygen atoms in total. The van der Waals surface area contributed by atoms with Crippen LogP contribution in [-0.4, -0.2) is 16.9 Å². The Kier molecular flexibility index (Phi) is 3.77. The number of alkyl halides is 1. The highest BCUT2D eigenvalue weighted by Gasteiger charge is 2.14. The van der Waals surface area contributed by atoms with Crippen molar-refractivity contribution in [2.24, 2.45) is 7.05 Å². The number of benzene rings is 1. The summed E-state index contributed by atoms with van der Waals surface area (Å²) in [4.78, 5) is 0. The summed E-state index contributed by atoms with van der Waals surface area (Å²) in [5.74, 6) is 2.57. The highest BCUT2D eigenvalue weighted by atomic mass is 35.5. The molecule has 1 aromatic heterocycles. The molecule has 0 aliphatic heterocycles. The zero-order valence-corrected chi connectivity index (χ0v) is 11.4. The van der Waals surface area contributed by atoms with Crippen molar-refractivity contribution in [1.82, 2.24) is 9.78 Å². The topological polar surface area (TPSA) is 36.3 Å². The Morgan fingerprint density at radius 3 is 2.39 bits per heavy atom. The molecule has 2 rings (SSSR count). The fourth-order valence-corrected chi connectivity index (χ4v) is 2.03. The number of halogens is 1. The molecule has 0 N–H and O–H groups in total. The van der Waals surface area contributed by atoms with Gasteiger partial charge >= 0.3 is 0 Å². The summed E-state index contributed by atoms with van der Waals surface area (Å²) < 4.78 is 12.6. The third-order valence-corrected chi connectivity index (χ3v) is 2.96. The fraction of sp³-hybridized carbons (Fsp3) is 0.308. The van der Waals surface area contributed by atoms with Crippen LogP contribution in [0, 0.1) is 6.92 Å². The second kappa shape index (κ2) is 5.31. The molecule has 0 saturated carbocycles. The van der Waals surface area contributed by atoms with Crippen LogP contribution in [0.25, 0.3) is 0 Å². The molecule has 18 heavy (non-hydrogen) atoms. The molecule has 0 spiro atoms. The van der Waals surface area contributed by atoms with Gasteiger partial charge in [-0.2, -0.15) is 5.10 Å². The van der Waals surface area contributed by atoms with Gasteiger partial charge in [0, 0.05) is 7.05 Å². The Labute approximate surface area is 111 Å². The van der Waals surface area contributed by atoms with E-state index in [9.17, 15) is 0 Å². The van der Waals surface area contributed by atoms with E-state index >= 15 is 0 Å². The van der Waals surface area contributed by atoms with Crippen molar-refractivity contribution >= 4 is 11.6 Å². The van der Waals surface area contributed by atoms with Gasteiger partial charge < -0.3 is 9.47 Å². The molecule has 0 aliphatic rings. The molecule has 0 radical (unpaired) electrons. The Balaban J connectivity index is 2.27. The van der Waals surface area contributed by atoms with E-state index in [0.29, 0.717) is 11.8 Å². The van der Waals surface area contributed by atoms with Gasteiger partial charge in [0.05, 0.1) is 24.2 Å². The van der Waals surface area contributed by atoms with E-state index in [0.717, 1.165) is 22.8 Å². The first-order valence-corrected chi connectivity index (χ1v) is 6.09. The van der Waals surface area contributed by atoms with Crippen LogP contribution in [0.4, 0.5) is 0 Å². The number of aromatic nitrogens is 2.